The number of benzene rings is 1. The van der Waals surface area contributed by atoms with Gasteiger partial charge in [-0.25, -0.2) is 4.79 Å². The Morgan fingerprint density at radius 3 is 2.71 bits per heavy atom. The van der Waals surface area contributed by atoms with Gasteiger partial charge < -0.3 is 19.4 Å². The van der Waals surface area contributed by atoms with Crippen LogP contribution in [0.2, 0.25) is 0 Å². The van der Waals surface area contributed by atoms with Gasteiger partial charge in [0.05, 0.1) is 19.4 Å². The summed E-state index contributed by atoms with van der Waals surface area (Å²) in [4.78, 5) is 15.9. The van der Waals surface area contributed by atoms with Crippen LogP contribution < -0.4 is 10.1 Å². The van der Waals surface area contributed by atoms with Crippen molar-refractivity contribution < 1.29 is 13.9 Å². The van der Waals surface area contributed by atoms with Gasteiger partial charge in [0.1, 0.15) is 11.5 Å². The number of hydrogen-bond acceptors (Lipinski definition) is 4. The van der Waals surface area contributed by atoms with Crippen LogP contribution in [-0.2, 0) is 13.0 Å². The highest BCUT2D eigenvalue weighted by atomic mass is 32.1. The molecule has 5 nitrogen and oxygen atoms in total. The molecule has 148 valence electrons. The summed E-state index contributed by atoms with van der Waals surface area (Å²) >= 11 is 1.70. The van der Waals surface area contributed by atoms with Gasteiger partial charge in [-0.1, -0.05) is 19.4 Å². The Balaban J connectivity index is 1.59. The van der Waals surface area contributed by atoms with Gasteiger partial charge in [-0.3, -0.25) is 0 Å². The van der Waals surface area contributed by atoms with Crippen LogP contribution in [0, 0.1) is 0 Å². The third kappa shape index (κ3) is 6.16. The maximum Gasteiger partial charge on any atom is 0.322 e. The normalized spacial score (nSPS) is 10.6. The zero-order valence-corrected chi connectivity index (χ0v) is 16.9. The molecule has 0 saturated heterocycles. The van der Waals surface area contributed by atoms with Crippen molar-refractivity contribution in [3.05, 3.63) is 70.8 Å². The third-order valence-electron chi connectivity index (χ3n) is 4.29. The standard InChI is InChI=1S/C22H26N2O3S/c1-2-3-14-26-19-10-8-18(9-11-19)23-22(25)24(17-20-6-4-15-27-20)13-12-21-7-5-16-28-21/h4-11,15-16H,2-3,12-14,17H2,1H3,(H,23,25). The molecule has 0 saturated carbocycles. The molecule has 0 atom stereocenters. The predicted molar refractivity (Wildman–Crippen MR) is 113 cm³/mol. The SMILES string of the molecule is CCCCOc1ccc(NC(=O)N(CCc2cccs2)Cc2ccco2)cc1. The maximum atomic E-state index is 12.8. The number of amides is 2. The molecule has 2 amide bonds. The van der Waals surface area contributed by atoms with Crippen molar-refractivity contribution in [2.45, 2.75) is 32.7 Å². The van der Waals surface area contributed by atoms with Crippen LogP contribution in [0.25, 0.3) is 0 Å². The molecule has 0 spiro atoms. The Hall–Kier alpha value is -2.73. The van der Waals surface area contributed by atoms with Gasteiger partial charge in [-0.2, -0.15) is 0 Å². The van der Waals surface area contributed by atoms with Crippen molar-refractivity contribution in [1.29, 1.82) is 0 Å². The molecule has 1 aromatic carbocycles. The summed E-state index contributed by atoms with van der Waals surface area (Å²) in [6.07, 6.45) is 4.58. The molecule has 3 rings (SSSR count). The van der Waals surface area contributed by atoms with E-state index in [1.807, 2.05) is 42.5 Å². The molecule has 0 unspecified atom stereocenters. The number of urea groups is 1. The first-order chi connectivity index (χ1) is 13.7. The number of rotatable bonds is 10. The van der Waals surface area contributed by atoms with Gasteiger partial charge in [0.25, 0.3) is 0 Å². The maximum absolute atomic E-state index is 12.8. The van der Waals surface area contributed by atoms with Crippen molar-refractivity contribution >= 4 is 23.1 Å². The number of carbonyl (C=O) groups excluding carboxylic acids is 1. The largest absolute Gasteiger partial charge is 0.494 e. The van der Waals surface area contributed by atoms with Crippen LogP contribution in [0.4, 0.5) is 10.5 Å². The zero-order valence-electron chi connectivity index (χ0n) is 16.1. The lowest BCUT2D eigenvalue weighted by Crippen LogP contribution is -2.35. The van der Waals surface area contributed by atoms with Crippen LogP contribution in [0.15, 0.2) is 64.6 Å². The highest BCUT2D eigenvalue weighted by molar-refractivity contribution is 7.09. The molecule has 28 heavy (non-hydrogen) atoms. The molecule has 0 aliphatic carbocycles. The van der Waals surface area contributed by atoms with E-state index < -0.39 is 0 Å². The minimum absolute atomic E-state index is 0.146. The van der Waals surface area contributed by atoms with Crippen molar-refractivity contribution in [3.63, 3.8) is 0 Å². The number of nitrogens with one attached hydrogen (secondary N) is 1. The molecular weight excluding hydrogens is 372 g/mol. The first-order valence-corrected chi connectivity index (χ1v) is 10.5. The van der Waals surface area contributed by atoms with E-state index in [4.69, 9.17) is 9.15 Å². The van der Waals surface area contributed by atoms with Gasteiger partial charge in [0, 0.05) is 17.1 Å². The Bertz CT molecular complexity index is 814. The summed E-state index contributed by atoms with van der Waals surface area (Å²) < 4.78 is 11.1. The van der Waals surface area contributed by atoms with Crippen molar-refractivity contribution in [3.8, 4) is 5.75 Å². The van der Waals surface area contributed by atoms with Crippen LogP contribution in [0.5, 0.6) is 5.75 Å². The summed E-state index contributed by atoms with van der Waals surface area (Å²) in [7, 11) is 0. The second-order valence-electron chi connectivity index (χ2n) is 6.49. The fourth-order valence-corrected chi connectivity index (χ4v) is 3.41. The van der Waals surface area contributed by atoms with Crippen LogP contribution in [-0.4, -0.2) is 24.1 Å². The lowest BCUT2D eigenvalue weighted by Gasteiger charge is -2.22. The van der Waals surface area contributed by atoms with E-state index in [0.717, 1.165) is 36.5 Å². The molecular formula is C22H26N2O3S. The zero-order chi connectivity index (χ0) is 19.6. The fourth-order valence-electron chi connectivity index (χ4n) is 2.71. The number of anilines is 1. The molecule has 2 heterocycles. The molecule has 1 N–H and O–H groups in total. The lowest BCUT2D eigenvalue weighted by atomic mass is 10.3. The first kappa shape index (κ1) is 20.0. The van der Waals surface area contributed by atoms with E-state index in [-0.39, 0.29) is 6.03 Å². The summed E-state index contributed by atoms with van der Waals surface area (Å²) in [6, 6.07) is 15.2. The number of furan rings is 1. The Labute approximate surface area is 169 Å². The number of thiophene rings is 1. The highest BCUT2D eigenvalue weighted by Crippen LogP contribution is 2.18. The van der Waals surface area contributed by atoms with E-state index >= 15 is 0 Å². The molecule has 2 aromatic heterocycles. The number of unbranched alkanes of at least 4 members (excludes halogenated alkanes) is 1. The van der Waals surface area contributed by atoms with Crippen molar-refractivity contribution in [2.24, 2.45) is 0 Å². The van der Waals surface area contributed by atoms with Gasteiger partial charge in [0.2, 0.25) is 0 Å². The predicted octanol–water partition coefficient (Wildman–Crippen LogP) is 5.80. The Kier molecular flexibility index (Phi) is 7.55. The molecule has 6 heteroatoms. The van der Waals surface area contributed by atoms with Gasteiger partial charge >= 0.3 is 6.03 Å². The smallest absolute Gasteiger partial charge is 0.322 e. The summed E-state index contributed by atoms with van der Waals surface area (Å²) in [5, 5.41) is 5.02. The van der Waals surface area contributed by atoms with Gasteiger partial charge in [-0.15, -0.1) is 11.3 Å². The number of ether oxygens (including phenoxy) is 1. The molecule has 0 fully saturated rings. The molecule has 3 aromatic rings. The van der Waals surface area contributed by atoms with E-state index in [1.54, 1.807) is 22.5 Å². The Morgan fingerprint density at radius 1 is 1.18 bits per heavy atom. The monoisotopic (exact) mass is 398 g/mol. The Morgan fingerprint density at radius 2 is 2.04 bits per heavy atom. The van der Waals surface area contributed by atoms with Crippen molar-refractivity contribution in [1.82, 2.24) is 4.90 Å². The van der Waals surface area contributed by atoms with E-state index in [1.165, 1.54) is 4.88 Å². The molecule has 0 aliphatic rings. The first-order valence-electron chi connectivity index (χ1n) is 9.58. The van der Waals surface area contributed by atoms with Crippen LogP contribution >= 0.6 is 11.3 Å². The molecule has 0 radical (unpaired) electrons. The summed E-state index contributed by atoms with van der Waals surface area (Å²) in [5.41, 5.74) is 0.744. The lowest BCUT2D eigenvalue weighted by molar-refractivity contribution is 0.205. The second-order valence-corrected chi connectivity index (χ2v) is 7.52. The summed E-state index contributed by atoms with van der Waals surface area (Å²) in [6.45, 7) is 3.89. The quantitative estimate of drug-likeness (QED) is 0.439. The van der Waals surface area contributed by atoms with Gasteiger partial charge in [-0.05, 0) is 60.7 Å². The average molecular weight is 399 g/mol. The fraction of sp³-hybridized carbons (Fsp3) is 0.318. The number of carbonyl (C=O) groups is 1. The number of nitrogens with zero attached hydrogens (tertiary/aromatic N) is 1. The summed E-state index contributed by atoms with van der Waals surface area (Å²) in [5.74, 6) is 1.58. The highest BCUT2D eigenvalue weighted by Gasteiger charge is 2.16. The van der Waals surface area contributed by atoms with Crippen LogP contribution in [0.1, 0.15) is 30.4 Å². The van der Waals surface area contributed by atoms with Gasteiger partial charge in [0.15, 0.2) is 0 Å². The minimum atomic E-state index is -0.146. The average Bonchev–Trinajstić information content (AvgIpc) is 3.40. The molecule has 0 aliphatic heterocycles. The van der Waals surface area contributed by atoms with Crippen molar-refractivity contribution in [2.75, 3.05) is 18.5 Å². The van der Waals surface area contributed by atoms with E-state index in [9.17, 15) is 4.79 Å². The third-order valence-corrected chi connectivity index (χ3v) is 5.23. The molecule has 0 bridgehead atoms. The van der Waals surface area contributed by atoms with Crippen LogP contribution in [0.3, 0.4) is 0 Å². The minimum Gasteiger partial charge on any atom is -0.494 e. The number of hydrogen-bond donors (Lipinski definition) is 1. The second kappa shape index (κ2) is 10.6. The topological polar surface area (TPSA) is 54.7 Å². The van der Waals surface area contributed by atoms with E-state index in [0.29, 0.717) is 19.7 Å². The van der Waals surface area contributed by atoms with E-state index in [2.05, 4.69) is 23.7 Å².